The molecule has 1 aliphatic heterocycles. The molecule has 3 aromatic rings. The zero-order valence-electron chi connectivity index (χ0n) is 17.9. The van der Waals surface area contributed by atoms with Crippen LogP contribution < -0.4 is 10.2 Å². The van der Waals surface area contributed by atoms with Gasteiger partial charge in [0.1, 0.15) is 11.4 Å². The molecule has 4 rings (SSSR count). The lowest BCUT2D eigenvalue weighted by Gasteiger charge is -2.31. The zero-order chi connectivity index (χ0) is 21.1. The summed E-state index contributed by atoms with van der Waals surface area (Å²) >= 11 is 0. The maximum Gasteiger partial charge on any atom is 0.256 e. The molecule has 5 nitrogen and oxygen atoms in total. The van der Waals surface area contributed by atoms with E-state index in [-0.39, 0.29) is 11.9 Å². The van der Waals surface area contributed by atoms with Gasteiger partial charge in [0, 0.05) is 30.9 Å². The first kappa shape index (κ1) is 20.1. The molecule has 0 bridgehead atoms. The summed E-state index contributed by atoms with van der Waals surface area (Å²) in [6.07, 6.45) is 3.49. The first-order chi connectivity index (χ1) is 14.5. The number of aromatic nitrogens is 2. The monoisotopic (exact) mass is 400 g/mol. The normalized spacial score (nSPS) is 14.2. The van der Waals surface area contributed by atoms with E-state index in [0.717, 1.165) is 37.1 Å². The molecule has 2 heterocycles. The third kappa shape index (κ3) is 4.20. The smallest absolute Gasteiger partial charge is 0.256 e. The quantitative estimate of drug-likeness (QED) is 0.683. The van der Waals surface area contributed by atoms with E-state index in [9.17, 15) is 4.79 Å². The van der Waals surface area contributed by atoms with Crippen LogP contribution in [0.15, 0.2) is 54.7 Å². The van der Waals surface area contributed by atoms with Crippen molar-refractivity contribution in [2.24, 2.45) is 0 Å². The standard InChI is InChI=1S/C25H28N4O/c1-4-18(3)27-25(30)22-15-26-23(20-11-7-8-17(2)14-20)28-24(22)29-13-12-19-9-5-6-10-21(19)16-29/h5-11,14-15,18H,4,12-13,16H2,1-3H3,(H,27,30). The second-order valence-corrected chi connectivity index (χ2v) is 8.02. The predicted octanol–water partition coefficient (Wildman–Crippen LogP) is 4.54. The average Bonchev–Trinajstić information content (AvgIpc) is 2.78. The first-order valence-electron chi connectivity index (χ1n) is 10.6. The maximum absolute atomic E-state index is 13.0. The SMILES string of the molecule is CCC(C)NC(=O)c1cnc(-c2cccc(C)c2)nc1N1CCc2ccccc2C1. The Morgan fingerprint density at radius 2 is 1.97 bits per heavy atom. The lowest BCUT2D eigenvalue weighted by molar-refractivity contribution is 0.0939. The molecule has 1 N–H and O–H groups in total. The highest BCUT2D eigenvalue weighted by atomic mass is 16.1. The summed E-state index contributed by atoms with van der Waals surface area (Å²) in [5.41, 5.74) is 5.30. The van der Waals surface area contributed by atoms with Gasteiger partial charge in [-0.05, 0) is 43.9 Å². The highest BCUT2D eigenvalue weighted by Gasteiger charge is 2.24. The molecule has 1 unspecified atom stereocenters. The van der Waals surface area contributed by atoms with Crippen molar-refractivity contribution >= 4 is 11.7 Å². The number of hydrogen-bond donors (Lipinski definition) is 1. The van der Waals surface area contributed by atoms with E-state index in [4.69, 9.17) is 4.98 Å². The minimum atomic E-state index is -0.117. The molecule has 0 radical (unpaired) electrons. The summed E-state index contributed by atoms with van der Waals surface area (Å²) in [6.45, 7) is 7.69. The van der Waals surface area contributed by atoms with Crippen LogP contribution in [0.4, 0.5) is 5.82 Å². The lowest BCUT2D eigenvalue weighted by Crippen LogP contribution is -2.36. The molecule has 0 spiro atoms. The molecule has 1 amide bonds. The number of aryl methyl sites for hydroxylation is 1. The minimum Gasteiger partial charge on any atom is -0.351 e. The third-order valence-corrected chi connectivity index (χ3v) is 5.71. The van der Waals surface area contributed by atoms with Crippen molar-refractivity contribution < 1.29 is 4.79 Å². The number of rotatable bonds is 5. The number of fused-ring (bicyclic) bond motifs is 1. The molecule has 1 aromatic heterocycles. The summed E-state index contributed by atoms with van der Waals surface area (Å²) in [6, 6.07) is 16.7. The second kappa shape index (κ2) is 8.66. The highest BCUT2D eigenvalue weighted by molar-refractivity contribution is 5.99. The summed E-state index contributed by atoms with van der Waals surface area (Å²) in [5, 5.41) is 3.07. The fourth-order valence-electron chi connectivity index (χ4n) is 3.78. The number of nitrogens with zero attached hydrogens (tertiary/aromatic N) is 3. The lowest BCUT2D eigenvalue weighted by atomic mass is 9.99. The van der Waals surface area contributed by atoms with Gasteiger partial charge >= 0.3 is 0 Å². The van der Waals surface area contributed by atoms with Crippen molar-refractivity contribution in [3.63, 3.8) is 0 Å². The number of hydrogen-bond acceptors (Lipinski definition) is 4. The van der Waals surface area contributed by atoms with Gasteiger partial charge in [0.05, 0.1) is 0 Å². The molecule has 1 aliphatic rings. The molecule has 0 saturated heterocycles. The van der Waals surface area contributed by atoms with Crippen molar-refractivity contribution in [2.75, 3.05) is 11.4 Å². The molecule has 0 fully saturated rings. The Morgan fingerprint density at radius 1 is 1.17 bits per heavy atom. The van der Waals surface area contributed by atoms with Crippen molar-refractivity contribution in [2.45, 2.75) is 46.2 Å². The largest absolute Gasteiger partial charge is 0.351 e. The van der Waals surface area contributed by atoms with Crippen molar-refractivity contribution in [1.82, 2.24) is 15.3 Å². The number of nitrogens with one attached hydrogen (secondary N) is 1. The molecule has 1 atom stereocenters. The summed E-state index contributed by atoms with van der Waals surface area (Å²) in [4.78, 5) is 24.6. The highest BCUT2D eigenvalue weighted by Crippen LogP contribution is 2.28. The predicted molar refractivity (Wildman–Crippen MR) is 121 cm³/mol. The molecule has 0 saturated carbocycles. The van der Waals surface area contributed by atoms with Gasteiger partial charge in [-0.15, -0.1) is 0 Å². The number of amides is 1. The topological polar surface area (TPSA) is 58.1 Å². The third-order valence-electron chi connectivity index (χ3n) is 5.71. The number of benzene rings is 2. The van der Waals surface area contributed by atoms with E-state index in [1.807, 2.05) is 19.1 Å². The van der Waals surface area contributed by atoms with Crippen LogP contribution in [0.3, 0.4) is 0 Å². The van der Waals surface area contributed by atoms with Crippen LogP contribution in [0.1, 0.15) is 47.3 Å². The van der Waals surface area contributed by atoms with Crippen LogP contribution >= 0.6 is 0 Å². The van der Waals surface area contributed by atoms with Crippen LogP contribution in [0.25, 0.3) is 11.4 Å². The fraction of sp³-hybridized carbons (Fsp3) is 0.320. The Balaban J connectivity index is 1.74. The Bertz CT molecular complexity index is 1060. The molecule has 0 aliphatic carbocycles. The van der Waals surface area contributed by atoms with Crippen molar-refractivity contribution in [3.05, 3.63) is 77.0 Å². The van der Waals surface area contributed by atoms with Crippen LogP contribution in [-0.2, 0) is 13.0 Å². The van der Waals surface area contributed by atoms with Gasteiger partial charge in [-0.2, -0.15) is 0 Å². The van der Waals surface area contributed by atoms with Crippen LogP contribution in [-0.4, -0.2) is 28.5 Å². The average molecular weight is 401 g/mol. The zero-order valence-corrected chi connectivity index (χ0v) is 17.9. The molecular weight excluding hydrogens is 372 g/mol. The van der Waals surface area contributed by atoms with E-state index >= 15 is 0 Å². The number of carbonyl (C=O) groups is 1. The summed E-state index contributed by atoms with van der Waals surface area (Å²) < 4.78 is 0. The van der Waals surface area contributed by atoms with Gasteiger partial charge < -0.3 is 10.2 Å². The Labute approximate surface area is 178 Å². The summed E-state index contributed by atoms with van der Waals surface area (Å²) in [5.74, 6) is 1.23. The molecule has 2 aromatic carbocycles. The molecular formula is C25H28N4O. The van der Waals surface area contributed by atoms with Crippen LogP contribution in [0.5, 0.6) is 0 Å². The van der Waals surface area contributed by atoms with E-state index in [0.29, 0.717) is 17.2 Å². The number of anilines is 1. The van der Waals surface area contributed by atoms with E-state index < -0.39 is 0 Å². The molecule has 30 heavy (non-hydrogen) atoms. The van der Waals surface area contributed by atoms with Gasteiger partial charge in [0.2, 0.25) is 0 Å². The van der Waals surface area contributed by atoms with Gasteiger partial charge in [0.15, 0.2) is 5.82 Å². The van der Waals surface area contributed by atoms with E-state index in [1.54, 1.807) is 6.20 Å². The van der Waals surface area contributed by atoms with Crippen molar-refractivity contribution in [3.8, 4) is 11.4 Å². The second-order valence-electron chi connectivity index (χ2n) is 8.02. The van der Waals surface area contributed by atoms with Gasteiger partial charge in [-0.25, -0.2) is 9.97 Å². The maximum atomic E-state index is 13.0. The Hall–Kier alpha value is -3.21. The van der Waals surface area contributed by atoms with Crippen LogP contribution in [0.2, 0.25) is 0 Å². The van der Waals surface area contributed by atoms with Gasteiger partial charge in [-0.3, -0.25) is 4.79 Å². The minimum absolute atomic E-state index is 0.101. The van der Waals surface area contributed by atoms with E-state index in [2.05, 4.69) is 65.4 Å². The Morgan fingerprint density at radius 3 is 2.73 bits per heavy atom. The van der Waals surface area contributed by atoms with Gasteiger partial charge in [0.25, 0.3) is 5.91 Å². The fourth-order valence-corrected chi connectivity index (χ4v) is 3.78. The molecule has 5 heteroatoms. The van der Waals surface area contributed by atoms with Crippen molar-refractivity contribution in [1.29, 1.82) is 0 Å². The Kier molecular flexibility index (Phi) is 5.79. The summed E-state index contributed by atoms with van der Waals surface area (Å²) in [7, 11) is 0. The van der Waals surface area contributed by atoms with Crippen LogP contribution in [0, 0.1) is 6.92 Å². The molecule has 154 valence electrons. The number of carbonyl (C=O) groups excluding carboxylic acids is 1. The van der Waals surface area contributed by atoms with Gasteiger partial charge in [-0.1, -0.05) is 55.0 Å². The van der Waals surface area contributed by atoms with E-state index in [1.165, 1.54) is 11.1 Å². The first-order valence-corrected chi connectivity index (χ1v) is 10.6.